The molecule has 0 amide bonds. The van der Waals surface area contributed by atoms with Crippen LogP contribution < -0.4 is 4.90 Å². The Kier molecular flexibility index (Phi) is 18.2. The molecular formula is C64H71NS. The predicted octanol–water partition coefficient (Wildman–Crippen LogP) is 19.1. The van der Waals surface area contributed by atoms with Crippen LogP contribution in [-0.4, -0.2) is 7.05 Å². The topological polar surface area (TPSA) is 3.24 Å². The smallest absolute Gasteiger partial charge is 0.0415 e. The molecule has 1 atom stereocenters. The van der Waals surface area contributed by atoms with Gasteiger partial charge in [-0.25, -0.2) is 0 Å². The summed E-state index contributed by atoms with van der Waals surface area (Å²) in [5.74, 6) is 0.338. The quantitative estimate of drug-likeness (QED) is 0.161. The molecule has 1 unspecified atom stereocenters. The molecule has 6 aromatic rings. The number of nitrogens with zero attached hydrogens (tertiary/aromatic N) is 1. The number of likely N-dealkylation sites (N-methyl/N-ethyl adjacent to an activating group) is 1. The molecule has 66 heavy (non-hydrogen) atoms. The molecule has 0 aliphatic heterocycles. The highest BCUT2D eigenvalue weighted by molar-refractivity contribution is 7.19. The van der Waals surface area contributed by atoms with E-state index in [4.69, 9.17) is 0 Å². The number of thiophene rings is 1. The zero-order valence-corrected chi connectivity index (χ0v) is 41.8. The first-order chi connectivity index (χ1) is 32.2. The maximum atomic E-state index is 4.43. The fourth-order valence-corrected chi connectivity index (χ4v) is 10.4. The van der Waals surface area contributed by atoms with E-state index in [0.717, 1.165) is 48.9 Å². The molecule has 0 radical (unpaired) electrons. The van der Waals surface area contributed by atoms with Crippen LogP contribution in [0.2, 0.25) is 0 Å². The molecule has 1 aromatic heterocycles. The maximum absolute atomic E-state index is 4.43. The van der Waals surface area contributed by atoms with Gasteiger partial charge < -0.3 is 4.90 Å². The highest BCUT2D eigenvalue weighted by atomic mass is 32.1. The Hall–Kier alpha value is -6.22. The van der Waals surface area contributed by atoms with Crippen molar-refractivity contribution in [1.29, 1.82) is 0 Å². The molecule has 0 bridgehead atoms. The number of aryl methyl sites for hydroxylation is 2. The van der Waals surface area contributed by atoms with E-state index in [1.165, 1.54) is 94.7 Å². The van der Waals surface area contributed by atoms with Crippen molar-refractivity contribution in [3.63, 3.8) is 0 Å². The van der Waals surface area contributed by atoms with E-state index in [-0.39, 0.29) is 0 Å². The lowest BCUT2D eigenvalue weighted by atomic mass is 9.83. The summed E-state index contributed by atoms with van der Waals surface area (Å²) in [6.45, 7) is 23.6. The Balaban J connectivity index is 0.000000383. The fraction of sp³-hybridized carbons (Fsp3) is 0.250. The van der Waals surface area contributed by atoms with Gasteiger partial charge in [-0.15, -0.1) is 11.3 Å². The van der Waals surface area contributed by atoms with Gasteiger partial charge in [0, 0.05) is 33.4 Å². The minimum Gasteiger partial charge on any atom is -0.345 e. The first kappa shape index (κ1) is 49.2. The predicted molar refractivity (Wildman–Crippen MR) is 296 cm³/mol. The van der Waals surface area contributed by atoms with Crippen LogP contribution in [0.25, 0.3) is 44.0 Å². The molecule has 0 saturated heterocycles. The number of benzene rings is 5. The molecule has 0 N–H and O–H groups in total. The number of allylic oxidation sites excluding steroid dienone is 12. The van der Waals surface area contributed by atoms with Crippen molar-refractivity contribution in [2.24, 2.45) is 0 Å². The van der Waals surface area contributed by atoms with E-state index >= 15 is 0 Å². The largest absolute Gasteiger partial charge is 0.345 e. The highest BCUT2D eigenvalue weighted by Gasteiger charge is 2.19. The summed E-state index contributed by atoms with van der Waals surface area (Å²) in [7, 11) is 2.18. The minimum atomic E-state index is 0.338. The molecule has 3 aliphatic rings. The van der Waals surface area contributed by atoms with Crippen molar-refractivity contribution in [2.45, 2.75) is 99.3 Å². The van der Waals surface area contributed by atoms with Gasteiger partial charge in [-0.3, -0.25) is 0 Å². The van der Waals surface area contributed by atoms with Crippen LogP contribution in [0.3, 0.4) is 0 Å². The summed E-state index contributed by atoms with van der Waals surface area (Å²) in [4.78, 5) is 3.82. The Morgan fingerprint density at radius 3 is 1.98 bits per heavy atom. The van der Waals surface area contributed by atoms with E-state index in [2.05, 4.69) is 216 Å². The third-order valence-electron chi connectivity index (χ3n) is 12.7. The van der Waals surface area contributed by atoms with Gasteiger partial charge in [-0.1, -0.05) is 186 Å². The second-order valence-electron chi connectivity index (χ2n) is 17.0. The van der Waals surface area contributed by atoms with Crippen LogP contribution in [0, 0.1) is 20.8 Å². The summed E-state index contributed by atoms with van der Waals surface area (Å²) >= 11 is 1.94. The Morgan fingerprint density at radius 2 is 1.26 bits per heavy atom. The number of rotatable bonds is 6. The Labute approximate surface area is 402 Å². The van der Waals surface area contributed by atoms with Crippen LogP contribution >= 0.6 is 11.3 Å². The molecule has 0 saturated carbocycles. The summed E-state index contributed by atoms with van der Waals surface area (Å²) in [5.41, 5.74) is 19.3. The van der Waals surface area contributed by atoms with E-state index in [1.54, 1.807) is 0 Å². The third kappa shape index (κ3) is 12.0. The minimum absolute atomic E-state index is 0.338. The molecule has 1 nitrogen and oxygen atoms in total. The molecule has 0 spiro atoms. The van der Waals surface area contributed by atoms with Crippen molar-refractivity contribution in [3.8, 4) is 22.3 Å². The van der Waals surface area contributed by atoms with Crippen LogP contribution in [0.5, 0.6) is 0 Å². The van der Waals surface area contributed by atoms with Gasteiger partial charge in [0.2, 0.25) is 0 Å². The van der Waals surface area contributed by atoms with E-state index in [1.807, 2.05) is 39.0 Å². The van der Waals surface area contributed by atoms with E-state index in [9.17, 15) is 0 Å². The fourth-order valence-electron chi connectivity index (χ4n) is 9.24. The van der Waals surface area contributed by atoms with E-state index < -0.39 is 0 Å². The average Bonchev–Trinajstić information content (AvgIpc) is 3.73. The second kappa shape index (κ2) is 24.3. The van der Waals surface area contributed by atoms with Gasteiger partial charge in [0.1, 0.15) is 0 Å². The molecular weight excluding hydrogens is 815 g/mol. The standard InChI is InChI=1S/C48H47NS.C12H12.2C2H6/c1-32-15-11-17-37(41-22-13-24-43(35(41)4)44-25-14-23-42(36(44)5)40-20-8-7-16-34(40)3)18-12-19-38(30-33(2)29-32)49(6)39-27-28-48-46(31-39)45-21-9-10-26-47(45)50-48;1-3-7-11(8-4-1)12-9-5-2-6-10-12;2*1-2/h7-9,11-16,19-25,27-28,30-31,37H,1-2,10,17-18,26,29H2,3-6H3;1-5,7-9H,6,10H2;2*1-2H3/b15-11-,19-12-,38-30+;;;. The van der Waals surface area contributed by atoms with Crippen molar-refractivity contribution < 1.29 is 0 Å². The summed E-state index contributed by atoms with van der Waals surface area (Å²) in [5, 5.41) is 1.36. The monoisotopic (exact) mass is 886 g/mol. The molecule has 1 heterocycles. The van der Waals surface area contributed by atoms with Gasteiger partial charge >= 0.3 is 0 Å². The van der Waals surface area contributed by atoms with Crippen LogP contribution in [-0.2, 0) is 6.42 Å². The van der Waals surface area contributed by atoms with Crippen LogP contribution in [0.15, 0.2) is 194 Å². The maximum Gasteiger partial charge on any atom is 0.0415 e. The first-order valence-corrected chi connectivity index (χ1v) is 25.1. The zero-order chi connectivity index (χ0) is 47.0. The van der Waals surface area contributed by atoms with Crippen molar-refractivity contribution in [3.05, 3.63) is 232 Å². The number of fused-ring (bicyclic) bond motifs is 3. The van der Waals surface area contributed by atoms with Crippen molar-refractivity contribution in [2.75, 3.05) is 11.9 Å². The first-order valence-electron chi connectivity index (χ1n) is 24.3. The van der Waals surface area contributed by atoms with Gasteiger partial charge in [0.25, 0.3) is 0 Å². The van der Waals surface area contributed by atoms with E-state index in [0.29, 0.717) is 5.92 Å². The summed E-state index contributed by atoms with van der Waals surface area (Å²) in [6.07, 6.45) is 29.9. The van der Waals surface area contributed by atoms with Gasteiger partial charge in [-0.05, 0) is 169 Å². The number of hydrogen-bond donors (Lipinski definition) is 0. The average molecular weight is 886 g/mol. The van der Waals surface area contributed by atoms with Gasteiger partial charge in [0.05, 0.1) is 0 Å². The molecule has 9 rings (SSSR count). The normalized spacial score (nSPS) is 17.4. The third-order valence-corrected chi connectivity index (χ3v) is 14.0. The summed E-state index contributed by atoms with van der Waals surface area (Å²) < 4.78 is 1.37. The molecule has 2 heteroatoms. The van der Waals surface area contributed by atoms with Gasteiger partial charge in [-0.2, -0.15) is 0 Å². The lowest BCUT2D eigenvalue weighted by molar-refractivity contribution is 0.706. The van der Waals surface area contributed by atoms with Gasteiger partial charge in [0.15, 0.2) is 0 Å². The van der Waals surface area contributed by atoms with Crippen molar-refractivity contribution >= 4 is 38.8 Å². The lowest BCUT2D eigenvalue weighted by Gasteiger charge is -2.23. The SMILES string of the molecule is C1=CCCC(c2ccccc2)=C1.C=C1/C=C\CC(c2cccc(-c3cccc(-c4ccccc4C)c3C)c2C)C/C=C\C(N(C)c2ccc3sc4c(c3c2)C=CCC4)=C/C(=C)C1.CC.CC. The number of anilines is 1. The highest BCUT2D eigenvalue weighted by Crippen LogP contribution is 2.40. The van der Waals surface area contributed by atoms with Crippen molar-refractivity contribution in [1.82, 2.24) is 0 Å². The second-order valence-corrected chi connectivity index (χ2v) is 18.1. The number of hydrogen-bond acceptors (Lipinski definition) is 2. The Bertz CT molecular complexity index is 2790. The zero-order valence-electron chi connectivity index (χ0n) is 41.0. The van der Waals surface area contributed by atoms with Crippen LogP contribution in [0.4, 0.5) is 5.69 Å². The molecule has 5 aromatic carbocycles. The lowest BCUT2D eigenvalue weighted by Crippen LogP contribution is -2.15. The molecule has 338 valence electrons. The van der Waals surface area contributed by atoms with Crippen LogP contribution in [0.1, 0.15) is 110 Å². The Morgan fingerprint density at radius 1 is 0.606 bits per heavy atom. The molecule has 3 aliphatic carbocycles. The molecule has 0 fully saturated rings. The summed E-state index contributed by atoms with van der Waals surface area (Å²) in [6, 6.07) is 39.8.